The van der Waals surface area contributed by atoms with Gasteiger partial charge in [0.15, 0.2) is 5.11 Å². The largest absolute Gasteiger partial charge is 0.359 e. The van der Waals surface area contributed by atoms with Crippen LogP contribution in [-0.4, -0.2) is 16.1 Å². The van der Waals surface area contributed by atoms with E-state index in [2.05, 4.69) is 10.6 Å². The number of hydrogen-bond donors (Lipinski definition) is 2. The van der Waals surface area contributed by atoms with E-state index in [1.165, 1.54) is 31.7 Å². The molecule has 3 atom stereocenters. The maximum Gasteiger partial charge on any atom is 0.274 e. The molecule has 0 radical (unpaired) electrons. The number of hydrogen-bond acceptors (Lipinski definition) is 3. The van der Waals surface area contributed by atoms with Gasteiger partial charge >= 0.3 is 0 Å². The topological polar surface area (TPSA) is 67.2 Å². The van der Waals surface area contributed by atoms with Crippen LogP contribution in [0.25, 0.3) is 0 Å². The zero-order valence-electron chi connectivity index (χ0n) is 12.0. The van der Waals surface area contributed by atoms with Crippen molar-refractivity contribution in [2.75, 3.05) is 5.32 Å². The smallest absolute Gasteiger partial charge is 0.274 e. The van der Waals surface area contributed by atoms with Crippen LogP contribution in [0, 0.1) is 28.9 Å². The van der Waals surface area contributed by atoms with Crippen molar-refractivity contribution < 1.29 is 4.92 Å². The summed E-state index contributed by atoms with van der Waals surface area (Å²) < 4.78 is 0. The van der Waals surface area contributed by atoms with Crippen molar-refractivity contribution in [1.82, 2.24) is 5.32 Å². The predicted octanol–water partition coefficient (Wildman–Crippen LogP) is 3.38. The lowest BCUT2D eigenvalue weighted by Crippen LogP contribution is -2.40. The summed E-state index contributed by atoms with van der Waals surface area (Å²) in [6.07, 6.45) is 5.16. The van der Waals surface area contributed by atoms with Crippen LogP contribution in [0.15, 0.2) is 18.2 Å². The summed E-state index contributed by atoms with van der Waals surface area (Å²) in [5, 5.41) is 18.0. The van der Waals surface area contributed by atoms with Crippen LogP contribution in [0.4, 0.5) is 11.4 Å². The van der Waals surface area contributed by atoms with Crippen molar-refractivity contribution in [3.05, 3.63) is 33.9 Å². The molecule has 112 valence electrons. The number of fused-ring (bicyclic) bond motifs is 2. The Morgan fingerprint density at radius 1 is 1.38 bits per heavy atom. The van der Waals surface area contributed by atoms with E-state index in [-0.39, 0.29) is 10.6 Å². The second kappa shape index (κ2) is 5.60. The zero-order chi connectivity index (χ0) is 15.0. The first kappa shape index (κ1) is 14.3. The molecule has 0 amide bonds. The second-order valence-corrected chi connectivity index (χ2v) is 6.49. The monoisotopic (exact) mass is 305 g/mol. The summed E-state index contributed by atoms with van der Waals surface area (Å²) in [5.74, 6) is 1.59. The fourth-order valence-corrected chi connectivity index (χ4v) is 3.97. The third kappa shape index (κ3) is 2.85. The van der Waals surface area contributed by atoms with Gasteiger partial charge in [0.25, 0.3) is 5.69 Å². The van der Waals surface area contributed by atoms with Gasteiger partial charge in [-0.3, -0.25) is 10.1 Å². The number of rotatable bonds is 3. The molecule has 1 aromatic carbocycles. The summed E-state index contributed by atoms with van der Waals surface area (Å²) >= 11 is 5.36. The van der Waals surface area contributed by atoms with E-state index in [1.54, 1.807) is 13.0 Å². The molecule has 0 spiro atoms. The third-order valence-electron chi connectivity index (χ3n) is 4.80. The van der Waals surface area contributed by atoms with E-state index in [1.807, 2.05) is 6.07 Å². The molecule has 2 saturated carbocycles. The standard InChI is InChI=1S/C15H19N3O2S/c1-9-12(3-2-4-14(9)18(19)20)16-15(21)17-13-8-10-5-6-11(13)7-10/h2-4,10-11,13H,5-8H2,1H3,(H2,16,17,21)/t10-,11+,13+/m0/s1. The molecule has 3 rings (SSSR count). The quantitative estimate of drug-likeness (QED) is 0.509. The van der Waals surface area contributed by atoms with Crippen LogP contribution >= 0.6 is 12.2 Å². The van der Waals surface area contributed by atoms with Gasteiger partial charge in [0.05, 0.1) is 10.5 Å². The molecular formula is C15H19N3O2S. The average Bonchev–Trinajstić information content (AvgIpc) is 3.03. The van der Waals surface area contributed by atoms with Crippen molar-refractivity contribution in [2.45, 2.75) is 38.6 Å². The molecule has 2 aliphatic carbocycles. The zero-order valence-corrected chi connectivity index (χ0v) is 12.8. The van der Waals surface area contributed by atoms with Gasteiger partial charge in [0.1, 0.15) is 0 Å². The molecule has 0 aliphatic heterocycles. The van der Waals surface area contributed by atoms with E-state index in [9.17, 15) is 10.1 Å². The highest BCUT2D eigenvalue weighted by Gasteiger charge is 2.39. The van der Waals surface area contributed by atoms with E-state index in [0.717, 1.165) is 11.8 Å². The first-order valence-corrected chi connectivity index (χ1v) is 7.77. The van der Waals surface area contributed by atoms with Gasteiger partial charge in [-0.2, -0.15) is 0 Å². The number of benzene rings is 1. The Morgan fingerprint density at radius 3 is 2.81 bits per heavy atom. The molecule has 6 heteroatoms. The third-order valence-corrected chi connectivity index (χ3v) is 5.02. The van der Waals surface area contributed by atoms with Crippen molar-refractivity contribution >= 4 is 28.7 Å². The molecule has 1 aromatic rings. The number of nitrogens with zero attached hydrogens (tertiary/aromatic N) is 1. The van der Waals surface area contributed by atoms with Crippen molar-refractivity contribution in [3.8, 4) is 0 Å². The normalized spacial score (nSPS) is 26.6. The van der Waals surface area contributed by atoms with Crippen LogP contribution < -0.4 is 10.6 Å². The van der Waals surface area contributed by atoms with E-state index >= 15 is 0 Å². The van der Waals surface area contributed by atoms with Crippen LogP contribution in [-0.2, 0) is 0 Å². The Labute approximate surface area is 129 Å². The number of thiocarbonyl (C=S) groups is 1. The van der Waals surface area contributed by atoms with Gasteiger partial charge < -0.3 is 10.6 Å². The molecule has 2 N–H and O–H groups in total. The predicted molar refractivity (Wildman–Crippen MR) is 86.4 cm³/mol. The maximum atomic E-state index is 11.0. The minimum atomic E-state index is -0.368. The molecular weight excluding hydrogens is 286 g/mol. The molecule has 0 aromatic heterocycles. The summed E-state index contributed by atoms with van der Waals surface area (Å²) in [7, 11) is 0. The summed E-state index contributed by atoms with van der Waals surface area (Å²) in [4.78, 5) is 10.6. The Morgan fingerprint density at radius 2 is 2.19 bits per heavy atom. The number of anilines is 1. The minimum Gasteiger partial charge on any atom is -0.359 e. The second-order valence-electron chi connectivity index (χ2n) is 6.09. The molecule has 21 heavy (non-hydrogen) atoms. The van der Waals surface area contributed by atoms with Crippen LogP contribution in [0.1, 0.15) is 31.2 Å². The Bertz CT molecular complexity index is 590. The van der Waals surface area contributed by atoms with Crippen LogP contribution in [0.2, 0.25) is 0 Å². The van der Waals surface area contributed by atoms with Gasteiger partial charge in [-0.1, -0.05) is 12.5 Å². The number of nitro benzene ring substituents is 1. The first-order chi connectivity index (χ1) is 10.0. The van der Waals surface area contributed by atoms with E-state index in [4.69, 9.17) is 12.2 Å². The molecule has 0 unspecified atom stereocenters. The van der Waals surface area contributed by atoms with Gasteiger partial charge in [0.2, 0.25) is 0 Å². The molecule has 5 nitrogen and oxygen atoms in total. The summed E-state index contributed by atoms with van der Waals surface area (Å²) in [6, 6.07) is 5.46. The Kier molecular flexibility index (Phi) is 3.80. The van der Waals surface area contributed by atoms with Crippen LogP contribution in [0.3, 0.4) is 0 Å². The lowest BCUT2D eigenvalue weighted by molar-refractivity contribution is -0.385. The van der Waals surface area contributed by atoms with Gasteiger partial charge in [0, 0.05) is 17.8 Å². The lowest BCUT2D eigenvalue weighted by atomic mass is 9.95. The minimum absolute atomic E-state index is 0.114. The van der Waals surface area contributed by atoms with E-state index < -0.39 is 0 Å². The summed E-state index contributed by atoms with van der Waals surface area (Å²) in [5.41, 5.74) is 1.42. The molecule has 2 bridgehead atoms. The lowest BCUT2D eigenvalue weighted by Gasteiger charge is -2.24. The fourth-order valence-electron chi connectivity index (χ4n) is 3.70. The van der Waals surface area contributed by atoms with Gasteiger partial charge in [-0.25, -0.2) is 0 Å². The highest BCUT2D eigenvalue weighted by molar-refractivity contribution is 7.80. The molecule has 2 aliphatic rings. The Hall–Kier alpha value is -1.69. The maximum absolute atomic E-state index is 11.0. The highest BCUT2D eigenvalue weighted by atomic mass is 32.1. The highest BCUT2D eigenvalue weighted by Crippen LogP contribution is 2.44. The molecule has 0 heterocycles. The fraction of sp³-hybridized carbons (Fsp3) is 0.533. The SMILES string of the molecule is Cc1c(NC(=S)N[C@@H]2C[C@H]3CC[C@@H]2C3)cccc1[N+](=O)[O-]. The molecule has 2 fully saturated rings. The first-order valence-electron chi connectivity index (χ1n) is 7.36. The average molecular weight is 305 g/mol. The Balaban J connectivity index is 1.65. The van der Waals surface area contributed by atoms with Crippen molar-refractivity contribution in [2.24, 2.45) is 11.8 Å². The van der Waals surface area contributed by atoms with Crippen LogP contribution in [0.5, 0.6) is 0 Å². The molecule has 0 saturated heterocycles. The van der Waals surface area contributed by atoms with Crippen molar-refractivity contribution in [3.63, 3.8) is 0 Å². The number of nitrogens with one attached hydrogen (secondary N) is 2. The van der Waals surface area contributed by atoms with Gasteiger partial charge in [-0.15, -0.1) is 0 Å². The van der Waals surface area contributed by atoms with Gasteiger partial charge in [-0.05, 0) is 56.3 Å². The van der Waals surface area contributed by atoms with Crippen molar-refractivity contribution in [1.29, 1.82) is 0 Å². The van der Waals surface area contributed by atoms with E-state index in [0.29, 0.717) is 22.4 Å². The number of nitro groups is 1. The summed E-state index contributed by atoms with van der Waals surface area (Å²) in [6.45, 7) is 1.74.